The zero-order valence-corrected chi connectivity index (χ0v) is 14.3. The van der Waals surface area contributed by atoms with Gasteiger partial charge in [0.25, 0.3) is 0 Å². The Morgan fingerprint density at radius 2 is 1.68 bits per heavy atom. The summed E-state index contributed by atoms with van der Waals surface area (Å²) in [7, 11) is 0. The van der Waals surface area contributed by atoms with Crippen molar-refractivity contribution in [3.05, 3.63) is 23.8 Å². The molecular weight excluding hydrogens is 278 g/mol. The first-order valence-corrected chi connectivity index (χ1v) is 8.09. The Bertz CT molecular complexity index is 471. The molecule has 1 aromatic rings. The van der Waals surface area contributed by atoms with E-state index in [2.05, 4.69) is 24.9 Å². The number of guanidine groups is 1. The minimum Gasteiger partial charge on any atom is -0.490 e. The Kier molecular flexibility index (Phi) is 8.18. The van der Waals surface area contributed by atoms with Gasteiger partial charge in [0, 0.05) is 19.6 Å². The maximum absolute atomic E-state index is 5.98. The molecule has 0 amide bonds. The molecule has 1 rings (SSSR count). The Labute approximate surface area is 134 Å². The minimum atomic E-state index is 0.612. The van der Waals surface area contributed by atoms with Crippen molar-refractivity contribution in [3.8, 4) is 11.5 Å². The van der Waals surface area contributed by atoms with Crippen LogP contribution in [0.25, 0.3) is 0 Å². The van der Waals surface area contributed by atoms with Crippen LogP contribution in [0.5, 0.6) is 11.5 Å². The topological polar surface area (TPSA) is 60.1 Å². The van der Waals surface area contributed by atoms with Crippen LogP contribution in [0.4, 0.5) is 0 Å². The van der Waals surface area contributed by atoms with Gasteiger partial charge in [-0.05, 0) is 51.8 Å². The second kappa shape index (κ2) is 9.92. The lowest BCUT2D eigenvalue weighted by molar-refractivity contribution is 0.287. The van der Waals surface area contributed by atoms with E-state index < -0.39 is 0 Å². The second-order valence-corrected chi connectivity index (χ2v) is 4.81. The van der Waals surface area contributed by atoms with Gasteiger partial charge in [0.05, 0.1) is 13.2 Å². The third kappa shape index (κ3) is 5.47. The summed E-state index contributed by atoms with van der Waals surface area (Å²) in [6.07, 6.45) is 0.828. The number of nitrogens with zero attached hydrogens (tertiary/aromatic N) is 2. The number of benzene rings is 1. The van der Waals surface area contributed by atoms with E-state index in [1.807, 2.05) is 30.9 Å². The standard InChI is InChI=1S/C17H29N3O2/c1-5-20(6-2)17(18)19-12-11-14-9-10-15(21-7-3)16(13-14)22-8-4/h9-10,13H,5-8,11-12H2,1-4H3,(H2,18,19). The average molecular weight is 307 g/mol. The third-order valence-electron chi connectivity index (χ3n) is 3.37. The van der Waals surface area contributed by atoms with Gasteiger partial charge in [0.2, 0.25) is 0 Å². The molecule has 5 heteroatoms. The highest BCUT2D eigenvalue weighted by Gasteiger charge is 2.06. The smallest absolute Gasteiger partial charge is 0.191 e. The molecule has 0 aromatic heterocycles. The van der Waals surface area contributed by atoms with Crippen molar-refractivity contribution < 1.29 is 9.47 Å². The molecule has 0 aliphatic heterocycles. The van der Waals surface area contributed by atoms with Gasteiger partial charge < -0.3 is 20.1 Å². The van der Waals surface area contributed by atoms with Crippen LogP contribution in [0.1, 0.15) is 33.3 Å². The van der Waals surface area contributed by atoms with Gasteiger partial charge in [0.1, 0.15) is 0 Å². The van der Waals surface area contributed by atoms with Gasteiger partial charge in [-0.1, -0.05) is 6.07 Å². The van der Waals surface area contributed by atoms with E-state index in [1.54, 1.807) is 0 Å². The number of aliphatic imine (C=N–C) groups is 1. The van der Waals surface area contributed by atoms with Crippen molar-refractivity contribution in [1.29, 1.82) is 0 Å². The molecule has 0 saturated carbocycles. The zero-order chi connectivity index (χ0) is 16.4. The highest BCUT2D eigenvalue weighted by Crippen LogP contribution is 2.28. The summed E-state index contributed by atoms with van der Waals surface area (Å²) in [6, 6.07) is 6.04. The highest BCUT2D eigenvalue weighted by atomic mass is 16.5. The SMILES string of the molecule is CCOc1ccc(CCN=C(N)N(CC)CC)cc1OCC. The van der Waals surface area contributed by atoms with Gasteiger partial charge >= 0.3 is 0 Å². The van der Waals surface area contributed by atoms with Crippen LogP contribution < -0.4 is 15.2 Å². The maximum atomic E-state index is 5.98. The van der Waals surface area contributed by atoms with Gasteiger partial charge in [-0.2, -0.15) is 0 Å². The molecule has 0 radical (unpaired) electrons. The monoisotopic (exact) mass is 307 g/mol. The predicted molar refractivity (Wildman–Crippen MR) is 91.9 cm³/mol. The second-order valence-electron chi connectivity index (χ2n) is 4.81. The molecule has 22 heavy (non-hydrogen) atoms. The maximum Gasteiger partial charge on any atom is 0.191 e. The molecule has 0 heterocycles. The minimum absolute atomic E-state index is 0.612. The Balaban J connectivity index is 2.69. The van der Waals surface area contributed by atoms with Crippen molar-refractivity contribution in [3.63, 3.8) is 0 Å². The number of rotatable bonds is 9. The van der Waals surface area contributed by atoms with Crippen molar-refractivity contribution in [2.45, 2.75) is 34.1 Å². The molecule has 0 fully saturated rings. The molecule has 5 nitrogen and oxygen atoms in total. The molecular formula is C17H29N3O2. The first-order valence-electron chi connectivity index (χ1n) is 8.09. The summed E-state index contributed by atoms with van der Waals surface area (Å²) >= 11 is 0. The number of hydrogen-bond donors (Lipinski definition) is 1. The predicted octanol–water partition coefficient (Wildman–Crippen LogP) is 2.68. The number of nitrogens with two attached hydrogens (primary N) is 1. The van der Waals surface area contributed by atoms with E-state index in [0.717, 1.165) is 31.0 Å². The fourth-order valence-electron chi connectivity index (χ4n) is 2.20. The molecule has 1 aromatic carbocycles. The summed E-state index contributed by atoms with van der Waals surface area (Å²) < 4.78 is 11.2. The Morgan fingerprint density at radius 3 is 2.27 bits per heavy atom. The zero-order valence-electron chi connectivity index (χ0n) is 14.3. The van der Waals surface area contributed by atoms with Gasteiger partial charge in [-0.3, -0.25) is 4.99 Å². The molecule has 0 bridgehead atoms. The molecule has 0 aliphatic rings. The van der Waals surface area contributed by atoms with Crippen LogP contribution in [0, 0.1) is 0 Å². The molecule has 0 aliphatic carbocycles. The molecule has 0 unspecified atom stereocenters. The van der Waals surface area contributed by atoms with E-state index in [0.29, 0.717) is 25.7 Å². The van der Waals surface area contributed by atoms with Gasteiger partial charge in [0.15, 0.2) is 17.5 Å². The lowest BCUT2D eigenvalue weighted by Crippen LogP contribution is -2.37. The van der Waals surface area contributed by atoms with E-state index in [4.69, 9.17) is 15.2 Å². The van der Waals surface area contributed by atoms with Crippen LogP contribution in [0.15, 0.2) is 23.2 Å². The summed E-state index contributed by atoms with van der Waals surface area (Å²) in [6.45, 7) is 11.8. The van der Waals surface area contributed by atoms with E-state index in [9.17, 15) is 0 Å². The summed E-state index contributed by atoms with van der Waals surface area (Å²) in [5, 5.41) is 0. The van der Waals surface area contributed by atoms with Crippen LogP contribution in [-0.4, -0.2) is 43.7 Å². The lowest BCUT2D eigenvalue weighted by atomic mass is 10.1. The molecule has 0 atom stereocenters. The largest absolute Gasteiger partial charge is 0.490 e. The van der Waals surface area contributed by atoms with Crippen LogP contribution in [0.2, 0.25) is 0 Å². The number of hydrogen-bond acceptors (Lipinski definition) is 3. The van der Waals surface area contributed by atoms with Gasteiger partial charge in [-0.15, -0.1) is 0 Å². The summed E-state index contributed by atoms with van der Waals surface area (Å²) in [5.74, 6) is 2.20. The van der Waals surface area contributed by atoms with Crippen molar-refractivity contribution in [1.82, 2.24) is 4.90 Å². The lowest BCUT2D eigenvalue weighted by Gasteiger charge is -2.19. The molecule has 124 valence electrons. The average Bonchev–Trinajstić information content (AvgIpc) is 2.51. The van der Waals surface area contributed by atoms with Crippen LogP contribution in [0.3, 0.4) is 0 Å². The molecule has 0 saturated heterocycles. The Morgan fingerprint density at radius 1 is 1.05 bits per heavy atom. The first kappa shape index (κ1) is 18.1. The van der Waals surface area contributed by atoms with Crippen molar-refractivity contribution in [2.75, 3.05) is 32.8 Å². The normalized spacial score (nSPS) is 11.4. The quantitative estimate of drug-likeness (QED) is 0.563. The van der Waals surface area contributed by atoms with E-state index >= 15 is 0 Å². The van der Waals surface area contributed by atoms with E-state index in [1.165, 1.54) is 5.56 Å². The van der Waals surface area contributed by atoms with Crippen molar-refractivity contribution in [2.24, 2.45) is 10.7 Å². The fourth-order valence-corrected chi connectivity index (χ4v) is 2.20. The van der Waals surface area contributed by atoms with Crippen molar-refractivity contribution >= 4 is 5.96 Å². The van der Waals surface area contributed by atoms with E-state index in [-0.39, 0.29) is 0 Å². The summed E-state index contributed by atoms with van der Waals surface area (Å²) in [5.41, 5.74) is 7.15. The fraction of sp³-hybridized carbons (Fsp3) is 0.588. The molecule has 0 spiro atoms. The van der Waals surface area contributed by atoms with Crippen LogP contribution in [-0.2, 0) is 6.42 Å². The molecule has 2 N–H and O–H groups in total. The Hall–Kier alpha value is -1.91. The van der Waals surface area contributed by atoms with Gasteiger partial charge in [-0.25, -0.2) is 0 Å². The highest BCUT2D eigenvalue weighted by molar-refractivity contribution is 5.78. The van der Waals surface area contributed by atoms with Crippen LogP contribution >= 0.6 is 0 Å². The number of ether oxygens (including phenoxy) is 2. The third-order valence-corrected chi connectivity index (χ3v) is 3.37. The summed E-state index contributed by atoms with van der Waals surface area (Å²) in [4.78, 5) is 6.49. The first-order chi connectivity index (χ1) is 10.7.